The lowest BCUT2D eigenvalue weighted by Crippen LogP contribution is -2.40. The van der Waals surface area contributed by atoms with Gasteiger partial charge in [-0.05, 0) is 18.2 Å². The highest BCUT2D eigenvalue weighted by atomic mass is 16.3. The Labute approximate surface area is 186 Å². The van der Waals surface area contributed by atoms with Crippen LogP contribution in [0.2, 0.25) is 5.11 Å². The molecular formula is C18H9B6N5O2. The van der Waals surface area contributed by atoms with Crippen molar-refractivity contribution in [3.8, 4) is 11.5 Å². The van der Waals surface area contributed by atoms with Crippen LogP contribution < -0.4 is 10.6 Å². The lowest BCUT2D eigenvalue weighted by Gasteiger charge is -2.24. The van der Waals surface area contributed by atoms with E-state index >= 15 is 0 Å². The number of aromatic nitrogens is 3. The van der Waals surface area contributed by atoms with Crippen molar-refractivity contribution in [1.82, 2.24) is 15.0 Å². The maximum atomic E-state index is 12.1. The number of nitrogens with one attached hydrogen (secondary N) is 2. The van der Waals surface area contributed by atoms with Gasteiger partial charge in [-0.15, -0.1) is 0 Å². The molecule has 13 heteroatoms. The summed E-state index contributed by atoms with van der Waals surface area (Å²) in [5, 5.41) is 2.38. The summed E-state index contributed by atoms with van der Waals surface area (Å²) in [6.45, 7) is 0. The minimum atomic E-state index is -2.08. The molecule has 0 unspecified atom stereocenters. The second kappa shape index (κ2) is 7.55. The van der Waals surface area contributed by atoms with Crippen molar-refractivity contribution in [1.29, 1.82) is 0 Å². The van der Waals surface area contributed by atoms with Gasteiger partial charge in [-0.1, -0.05) is 22.5 Å². The number of rotatable bonds is 5. The summed E-state index contributed by atoms with van der Waals surface area (Å²) in [5.74, 6) is -0.130. The number of pyridine rings is 2. The predicted octanol–water partition coefficient (Wildman–Crippen LogP) is 0.484. The molecule has 4 rings (SSSR count). The number of para-hydroxylation sites is 2. The molecule has 0 spiro atoms. The number of fused-ring (bicyclic) bond motifs is 2. The van der Waals surface area contributed by atoms with Gasteiger partial charge in [0.25, 0.3) is 0 Å². The van der Waals surface area contributed by atoms with Gasteiger partial charge >= 0.3 is 0 Å². The Kier molecular flexibility index (Phi) is 5.15. The molecule has 0 aliphatic rings. The van der Waals surface area contributed by atoms with E-state index in [1.165, 1.54) is 12.4 Å². The van der Waals surface area contributed by atoms with E-state index in [4.69, 9.17) is 51.5 Å². The van der Waals surface area contributed by atoms with Gasteiger partial charge < -0.3 is 15.1 Å². The van der Waals surface area contributed by atoms with E-state index < -0.39 is 16.3 Å². The maximum absolute atomic E-state index is 12.1. The molecule has 0 aliphatic carbocycles. The molecule has 31 heavy (non-hydrogen) atoms. The largest absolute Gasteiger partial charge is 0.436 e. The number of nitrogens with zero attached hydrogens (tertiary/aromatic N) is 3. The Hall–Kier alpha value is -3.09. The Balaban J connectivity index is 1.88. The number of amides is 1. The lowest BCUT2D eigenvalue weighted by molar-refractivity contribution is -0.115. The van der Waals surface area contributed by atoms with Gasteiger partial charge in [-0.25, -0.2) is 15.0 Å². The number of hydrogen-bond donors (Lipinski definition) is 2. The van der Waals surface area contributed by atoms with Crippen LogP contribution in [-0.4, -0.2) is 73.2 Å². The van der Waals surface area contributed by atoms with E-state index in [1.807, 2.05) is 18.2 Å². The van der Waals surface area contributed by atoms with E-state index in [9.17, 15) is 4.79 Å². The number of benzene rings is 1. The summed E-state index contributed by atoms with van der Waals surface area (Å²) in [6, 6.07) is 8.84. The van der Waals surface area contributed by atoms with Gasteiger partial charge in [0.1, 0.15) is 17.2 Å². The Morgan fingerprint density at radius 2 is 1.71 bits per heavy atom. The quantitative estimate of drug-likeness (QED) is 0.480. The number of oxazole rings is 1. The van der Waals surface area contributed by atoms with Crippen molar-refractivity contribution in [2.75, 3.05) is 10.6 Å². The Bertz CT molecular complexity index is 1270. The van der Waals surface area contributed by atoms with Crippen LogP contribution in [0.15, 0.2) is 47.1 Å². The zero-order valence-electron chi connectivity index (χ0n) is 16.2. The van der Waals surface area contributed by atoms with Crippen LogP contribution in [0.25, 0.3) is 33.3 Å². The third-order valence-corrected chi connectivity index (χ3v) is 4.27. The summed E-state index contributed by atoms with van der Waals surface area (Å²) >= 11 is 0. The topological polar surface area (TPSA) is 92.9 Å². The first-order valence-electron chi connectivity index (χ1n) is 8.99. The molecule has 2 N–H and O–H groups in total. The smallest absolute Gasteiger partial charge is 0.229 e. The van der Waals surface area contributed by atoms with Crippen molar-refractivity contribution in [2.24, 2.45) is 0 Å². The standard InChI is InChI=1S/C18H9B6N5O2/c19-17(20,21)16(30)28-13-5-8-9(6-25-13)14(29-18(22,23)24)26-7-10(8)15-27-11-3-1-2-4-12(11)31-15/h1-7H,(H,26,29)(H,25,28,30). The van der Waals surface area contributed by atoms with E-state index in [1.54, 1.807) is 12.1 Å². The lowest BCUT2D eigenvalue weighted by atomic mass is 9.42. The van der Waals surface area contributed by atoms with Gasteiger partial charge in [0.05, 0.1) is 52.6 Å². The Morgan fingerprint density at radius 3 is 2.39 bits per heavy atom. The molecule has 0 saturated carbocycles. The minimum absolute atomic E-state index is 0.136. The van der Waals surface area contributed by atoms with Crippen molar-refractivity contribution in [3.63, 3.8) is 0 Å². The summed E-state index contributed by atoms with van der Waals surface area (Å²) in [6.07, 6.45) is 2.94. The van der Waals surface area contributed by atoms with Crippen molar-refractivity contribution in [2.45, 2.75) is 10.4 Å². The van der Waals surface area contributed by atoms with Crippen molar-refractivity contribution >= 4 is 86.5 Å². The summed E-state index contributed by atoms with van der Waals surface area (Å²) in [5.41, 5.74) is 1.78. The third kappa shape index (κ3) is 4.50. The van der Waals surface area contributed by atoms with E-state index in [0.29, 0.717) is 33.3 Å². The van der Waals surface area contributed by atoms with Gasteiger partial charge in [0, 0.05) is 23.2 Å². The normalized spacial score (nSPS) is 12.1. The highest BCUT2D eigenvalue weighted by Crippen LogP contribution is 2.34. The SMILES string of the molecule is [B]C([B])([B])Nc1ncc(-c2nc3ccccc3o2)c2cc(NC(=O)C([B])([B])[B])ncc12. The fourth-order valence-corrected chi connectivity index (χ4v) is 2.89. The third-order valence-electron chi connectivity index (χ3n) is 4.27. The molecular weight excluding hydrogens is 383 g/mol. The molecule has 1 aromatic carbocycles. The number of anilines is 2. The van der Waals surface area contributed by atoms with Crippen LogP contribution >= 0.6 is 0 Å². The predicted molar refractivity (Wildman–Crippen MR) is 125 cm³/mol. The first-order chi connectivity index (χ1) is 14.5. The van der Waals surface area contributed by atoms with Gasteiger partial charge in [0.15, 0.2) is 5.58 Å². The highest BCUT2D eigenvalue weighted by molar-refractivity contribution is 6.69. The molecule has 0 atom stereocenters. The molecule has 0 aliphatic heterocycles. The second-order valence-corrected chi connectivity index (χ2v) is 7.07. The first-order valence-corrected chi connectivity index (χ1v) is 8.99. The van der Waals surface area contributed by atoms with Crippen LogP contribution in [0.5, 0.6) is 0 Å². The molecule has 4 aromatic rings. The van der Waals surface area contributed by atoms with E-state index in [0.717, 1.165) is 0 Å². The molecule has 0 fully saturated rings. The maximum Gasteiger partial charge on any atom is 0.229 e. The summed E-state index contributed by atoms with van der Waals surface area (Å²) in [7, 11) is 33.2. The highest BCUT2D eigenvalue weighted by Gasteiger charge is 2.22. The average molecular weight is 392 g/mol. The number of hydrogen-bond acceptors (Lipinski definition) is 6. The fourth-order valence-electron chi connectivity index (χ4n) is 2.89. The number of carbonyl (C=O) groups excluding carboxylic acids is 1. The second-order valence-electron chi connectivity index (χ2n) is 7.07. The van der Waals surface area contributed by atoms with E-state index in [-0.39, 0.29) is 11.6 Å². The molecule has 12 radical (unpaired) electrons. The Morgan fingerprint density at radius 1 is 0.968 bits per heavy atom. The molecule has 3 aromatic heterocycles. The average Bonchev–Trinajstić information content (AvgIpc) is 3.10. The monoisotopic (exact) mass is 393 g/mol. The van der Waals surface area contributed by atoms with Crippen LogP contribution in [0.3, 0.4) is 0 Å². The molecule has 0 bridgehead atoms. The number of carbonyl (C=O) groups is 1. The van der Waals surface area contributed by atoms with Crippen molar-refractivity contribution < 1.29 is 9.21 Å². The molecule has 1 amide bonds. The molecule has 0 saturated heterocycles. The molecule has 136 valence electrons. The van der Waals surface area contributed by atoms with Crippen molar-refractivity contribution in [3.05, 3.63) is 42.7 Å². The summed E-state index contributed by atoms with van der Waals surface area (Å²) < 4.78 is 5.86. The fraction of sp³-hybridized carbons (Fsp3) is 0.111. The summed E-state index contributed by atoms with van der Waals surface area (Å²) in [4.78, 5) is 25.1. The molecule has 3 heterocycles. The first kappa shape index (κ1) is 21.2. The zero-order chi connectivity index (χ0) is 22.4. The van der Waals surface area contributed by atoms with Crippen LogP contribution in [0, 0.1) is 0 Å². The van der Waals surface area contributed by atoms with E-state index in [2.05, 4.69) is 25.6 Å². The zero-order valence-corrected chi connectivity index (χ0v) is 16.2. The van der Waals surface area contributed by atoms with Crippen LogP contribution in [-0.2, 0) is 4.79 Å². The van der Waals surface area contributed by atoms with Gasteiger partial charge in [-0.3, -0.25) is 4.79 Å². The van der Waals surface area contributed by atoms with Gasteiger partial charge in [0.2, 0.25) is 11.8 Å². The van der Waals surface area contributed by atoms with Gasteiger partial charge in [-0.2, -0.15) is 0 Å². The minimum Gasteiger partial charge on any atom is -0.436 e. The molecule has 7 nitrogen and oxygen atoms in total. The van der Waals surface area contributed by atoms with Crippen LogP contribution in [0.4, 0.5) is 11.6 Å². The van der Waals surface area contributed by atoms with Crippen LogP contribution in [0.1, 0.15) is 0 Å².